The van der Waals surface area contributed by atoms with E-state index in [9.17, 15) is 22.8 Å². The highest BCUT2D eigenvalue weighted by Gasteiger charge is 2.52. The fourth-order valence-electron chi connectivity index (χ4n) is 4.40. The molecule has 1 spiro atoms. The largest absolute Gasteiger partial charge is 0.417 e. The van der Waals surface area contributed by atoms with Crippen LogP contribution in [0.1, 0.15) is 37.7 Å². The zero-order valence-electron chi connectivity index (χ0n) is 16.0. The predicted molar refractivity (Wildman–Crippen MR) is 99.1 cm³/mol. The first kappa shape index (κ1) is 19.9. The molecule has 3 amide bonds. The van der Waals surface area contributed by atoms with Gasteiger partial charge in [0.15, 0.2) is 0 Å². The predicted octanol–water partition coefficient (Wildman–Crippen LogP) is 2.43. The van der Waals surface area contributed by atoms with Crippen LogP contribution in [0.2, 0.25) is 0 Å². The van der Waals surface area contributed by atoms with Gasteiger partial charge in [0.1, 0.15) is 11.4 Å². The molecule has 1 aromatic rings. The second-order valence-electron chi connectivity index (χ2n) is 7.96. The minimum Gasteiger partial charge on any atom is -0.355 e. The summed E-state index contributed by atoms with van der Waals surface area (Å²) < 4.78 is 38.2. The van der Waals surface area contributed by atoms with E-state index in [4.69, 9.17) is 0 Å². The average molecular weight is 411 g/mol. The number of hydrogen-bond donors (Lipinski definition) is 1. The first-order valence-electron chi connectivity index (χ1n) is 9.93. The Balaban J connectivity index is 1.37. The lowest BCUT2D eigenvalue weighted by Crippen LogP contribution is -2.46. The lowest BCUT2D eigenvalue weighted by Gasteiger charge is -2.26. The van der Waals surface area contributed by atoms with Gasteiger partial charge in [-0.1, -0.05) is 12.8 Å². The summed E-state index contributed by atoms with van der Waals surface area (Å²) in [6.45, 7) is 2.74. The number of amides is 3. The fraction of sp³-hybridized carbons (Fsp3) is 0.632. The number of alkyl halides is 3. The lowest BCUT2D eigenvalue weighted by atomic mass is 9.98. The van der Waals surface area contributed by atoms with Crippen molar-refractivity contribution < 1.29 is 22.8 Å². The van der Waals surface area contributed by atoms with Crippen LogP contribution in [-0.4, -0.2) is 65.1 Å². The van der Waals surface area contributed by atoms with Crippen LogP contribution in [-0.2, 0) is 11.0 Å². The van der Waals surface area contributed by atoms with E-state index < -0.39 is 17.3 Å². The normalized spacial score (nSPS) is 23.0. The maximum Gasteiger partial charge on any atom is 0.417 e. The van der Waals surface area contributed by atoms with Crippen molar-refractivity contribution in [2.24, 2.45) is 0 Å². The molecule has 4 rings (SSSR count). The molecule has 0 atom stereocenters. The molecular formula is C19H24F3N5O2. The summed E-state index contributed by atoms with van der Waals surface area (Å²) in [6.07, 6.45) is 0.491. The summed E-state index contributed by atoms with van der Waals surface area (Å²) in [5.74, 6) is 0.366. The second kappa shape index (κ2) is 7.47. The molecule has 2 saturated heterocycles. The zero-order chi connectivity index (χ0) is 20.6. The number of halogens is 3. The molecule has 29 heavy (non-hydrogen) atoms. The van der Waals surface area contributed by atoms with E-state index >= 15 is 0 Å². The Labute approximate surface area is 166 Å². The molecule has 0 aromatic carbocycles. The third kappa shape index (κ3) is 3.90. The molecule has 3 heterocycles. The number of rotatable bonds is 3. The van der Waals surface area contributed by atoms with Crippen LogP contribution in [0, 0.1) is 0 Å². The van der Waals surface area contributed by atoms with Crippen LogP contribution >= 0.6 is 0 Å². The first-order chi connectivity index (χ1) is 13.8. The smallest absolute Gasteiger partial charge is 0.355 e. The third-order valence-corrected chi connectivity index (χ3v) is 6.03. The lowest BCUT2D eigenvalue weighted by molar-refractivity contribution is -0.137. The second-order valence-corrected chi connectivity index (χ2v) is 7.96. The van der Waals surface area contributed by atoms with E-state index in [0.717, 1.165) is 31.5 Å². The molecule has 1 aliphatic carbocycles. The molecule has 158 valence electrons. The topological polar surface area (TPSA) is 68.8 Å². The Morgan fingerprint density at radius 3 is 2.45 bits per heavy atom. The molecule has 2 aliphatic heterocycles. The molecule has 3 aliphatic rings. The number of hydrogen-bond acceptors (Lipinski definition) is 5. The van der Waals surface area contributed by atoms with Gasteiger partial charge in [-0.25, -0.2) is 14.7 Å². The van der Waals surface area contributed by atoms with Crippen LogP contribution in [0.5, 0.6) is 0 Å². The van der Waals surface area contributed by atoms with Crippen LogP contribution in [0.15, 0.2) is 18.3 Å². The number of pyridine rings is 1. The standard InChI is InChI=1S/C19H24F3N5O2/c20-19(21,22)14-4-5-15(23-12-14)26-9-3-8-25(10-11-26)13-27-16(28)18(24-17(27)29)6-1-2-7-18/h4-5,12H,1-3,6-11,13H2,(H,24,29). The van der Waals surface area contributed by atoms with E-state index in [1.807, 2.05) is 9.80 Å². The van der Waals surface area contributed by atoms with Gasteiger partial charge in [0.2, 0.25) is 0 Å². The first-order valence-corrected chi connectivity index (χ1v) is 9.93. The van der Waals surface area contributed by atoms with Crippen molar-refractivity contribution in [1.82, 2.24) is 20.1 Å². The minimum absolute atomic E-state index is 0.134. The molecule has 1 aromatic heterocycles. The highest BCUT2D eigenvalue weighted by molar-refractivity contribution is 6.07. The summed E-state index contributed by atoms with van der Waals surface area (Å²) in [6, 6.07) is 2.10. The molecule has 0 unspecified atom stereocenters. The van der Waals surface area contributed by atoms with Gasteiger partial charge in [-0.2, -0.15) is 13.2 Å². The van der Waals surface area contributed by atoms with Crippen LogP contribution in [0.25, 0.3) is 0 Å². The summed E-state index contributed by atoms with van der Waals surface area (Å²) in [7, 11) is 0. The number of carbonyl (C=O) groups excluding carboxylic acids is 2. The Kier molecular flexibility index (Phi) is 5.14. The Hall–Kier alpha value is -2.36. The SMILES string of the molecule is O=C1NC2(CCCC2)C(=O)N1CN1CCCN(c2ccc(C(F)(F)F)cn2)CC1. The summed E-state index contributed by atoms with van der Waals surface area (Å²) >= 11 is 0. The van der Waals surface area contributed by atoms with Crippen molar-refractivity contribution in [2.75, 3.05) is 37.7 Å². The molecule has 0 radical (unpaired) electrons. The average Bonchev–Trinajstić information content (AvgIpc) is 3.14. The van der Waals surface area contributed by atoms with Gasteiger partial charge >= 0.3 is 12.2 Å². The van der Waals surface area contributed by atoms with E-state index in [2.05, 4.69) is 10.3 Å². The van der Waals surface area contributed by atoms with Gasteiger partial charge in [-0.15, -0.1) is 0 Å². The Morgan fingerprint density at radius 1 is 1.03 bits per heavy atom. The molecule has 3 fully saturated rings. The van der Waals surface area contributed by atoms with Crippen molar-refractivity contribution in [3.05, 3.63) is 23.9 Å². The molecule has 0 bridgehead atoms. The monoisotopic (exact) mass is 411 g/mol. The Bertz CT molecular complexity index is 777. The number of nitrogens with one attached hydrogen (secondary N) is 1. The molecule has 10 heteroatoms. The van der Waals surface area contributed by atoms with Gasteiger partial charge in [0.05, 0.1) is 12.2 Å². The number of aromatic nitrogens is 1. The maximum atomic E-state index is 12.8. The molecule has 1 saturated carbocycles. The van der Waals surface area contributed by atoms with Crippen LogP contribution in [0.4, 0.5) is 23.8 Å². The number of imide groups is 1. The molecule has 7 nitrogen and oxygen atoms in total. The third-order valence-electron chi connectivity index (χ3n) is 6.03. The Morgan fingerprint density at radius 2 is 1.79 bits per heavy atom. The van der Waals surface area contributed by atoms with Crippen LogP contribution in [0.3, 0.4) is 0 Å². The highest BCUT2D eigenvalue weighted by Crippen LogP contribution is 2.35. The summed E-state index contributed by atoms with van der Waals surface area (Å²) in [4.78, 5) is 34.4. The van der Waals surface area contributed by atoms with Crippen molar-refractivity contribution >= 4 is 17.8 Å². The van der Waals surface area contributed by atoms with Gasteiger partial charge < -0.3 is 10.2 Å². The number of anilines is 1. The number of carbonyl (C=O) groups is 2. The molecular weight excluding hydrogens is 387 g/mol. The summed E-state index contributed by atoms with van der Waals surface area (Å²) in [5.41, 5.74) is -1.48. The minimum atomic E-state index is -4.40. The van der Waals surface area contributed by atoms with Crippen molar-refractivity contribution in [1.29, 1.82) is 0 Å². The summed E-state index contributed by atoms with van der Waals surface area (Å²) in [5, 5.41) is 2.88. The van der Waals surface area contributed by atoms with E-state index in [-0.39, 0.29) is 18.6 Å². The molecule has 1 N–H and O–H groups in total. The highest BCUT2D eigenvalue weighted by atomic mass is 19.4. The van der Waals surface area contributed by atoms with Gasteiger partial charge in [-0.3, -0.25) is 9.69 Å². The van der Waals surface area contributed by atoms with Crippen molar-refractivity contribution in [3.63, 3.8) is 0 Å². The van der Waals surface area contributed by atoms with Crippen molar-refractivity contribution in [2.45, 2.75) is 43.8 Å². The van der Waals surface area contributed by atoms with Gasteiger partial charge in [-0.05, 0) is 31.4 Å². The quantitative estimate of drug-likeness (QED) is 0.774. The number of nitrogens with zero attached hydrogens (tertiary/aromatic N) is 4. The maximum absolute atomic E-state index is 12.8. The van der Waals surface area contributed by atoms with Gasteiger partial charge in [0.25, 0.3) is 5.91 Å². The van der Waals surface area contributed by atoms with Gasteiger partial charge in [0, 0.05) is 32.4 Å². The number of urea groups is 1. The van der Waals surface area contributed by atoms with Crippen LogP contribution < -0.4 is 10.2 Å². The van der Waals surface area contributed by atoms with E-state index in [1.54, 1.807) is 0 Å². The van der Waals surface area contributed by atoms with E-state index in [1.165, 1.54) is 11.0 Å². The zero-order valence-corrected chi connectivity index (χ0v) is 16.0. The van der Waals surface area contributed by atoms with Crippen molar-refractivity contribution in [3.8, 4) is 0 Å². The van der Waals surface area contributed by atoms with E-state index in [0.29, 0.717) is 44.8 Å². The fourth-order valence-corrected chi connectivity index (χ4v) is 4.40.